The fourth-order valence-electron chi connectivity index (χ4n) is 2.58. The van der Waals surface area contributed by atoms with E-state index in [-0.39, 0.29) is 0 Å². The maximum atomic E-state index is 5.94. The highest BCUT2D eigenvalue weighted by atomic mass is 28.4. The van der Waals surface area contributed by atoms with Crippen LogP contribution >= 0.6 is 0 Å². The fourth-order valence-corrected chi connectivity index (χ4v) is 3.29. The number of hydrogen-bond acceptors (Lipinski definition) is 4. The smallest absolute Gasteiger partial charge is 0.183 e. The first-order chi connectivity index (χ1) is 9.99. The lowest BCUT2D eigenvalue weighted by Crippen LogP contribution is -2.47. The van der Waals surface area contributed by atoms with Gasteiger partial charge in [0, 0.05) is 39.3 Å². The molecule has 0 bridgehead atoms. The van der Waals surface area contributed by atoms with Crippen molar-refractivity contribution in [1.82, 2.24) is 4.90 Å². The number of nitrogens with zero attached hydrogens (tertiary/aromatic N) is 2. The molecule has 0 radical (unpaired) electrons. The second kappa shape index (κ2) is 7.29. The van der Waals surface area contributed by atoms with E-state index in [0.717, 1.165) is 45.1 Å². The third kappa shape index (κ3) is 5.02. The van der Waals surface area contributed by atoms with Crippen LogP contribution in [0.15, 0.2) is 24.3 Å². The Morgan fingerprint density at radius 2 is 1.71 bits per heavy atom. The number of anilines is 1. The molecule has 5 heteroatoms. The first kappa shape index (κ1) is 16.3. The van der Waals surface area contributed by atoms with Crippen molar-refractivity contribution in [3.63, 3.8) is 0 Å². The maximum Gasteiger partial charge on any atom is 0.183 e. The zero-order valence-corrected chi connectivity index (χ0v) is 14.8. The van der Waals surface area contributed by atoms with Gasteiger partial charge in [-0.05, 0) is 31.8 Å². The van der Waals surface area contributed by atoms with Crippen molar-refractivity contribution in [2.45, 2.75) is 19.6 Å². The van der Waals surface area contributed by atoms with Crippen LogP contribution in [-0.2, 0) is 4.43 Å². The Morgan fingerprint density at radius 3 is 2.33 bits per heavy atom. The van der Waals surface area contributed by atoms with Crippen molar-refractivity contribution in [2.24, 2.45) is 0 Å². The molecule has 2 rings (SSSR count). The van der Waals surface area contributed by atoms with Gasteiger partial charge in [0.15, 0.2) is 8.32 Å². The van der Waals surface area contributed by atoms with Gasteiger partial charge in [-0.25, -0.2) is 0 Å². The molecule has 0 N–H and O–H groups in total. The van der Waals surface area contributed by atoms with E-state index in [0.29, 0.717) is 0 Å². The predicted molar refractivity (Wildman–Crippen MR) is 90.9 cm³/mol. The van der Waals surface area contributed by atoms with Crippen LogP contribution in [0.25, 0.3) is 0 Å². The molecule has 0 amide bonds. The SMILES string of the molecule is COc1ccccc1N1CCN(CCO[Si](C)(C)C)CC1. The quantitative estimate of drug-likeness (QED) is 0.754. The van der Waals surface area contributed by atoms with Crippen LogP contribution < -0.4 is 9.64 Å². The lowest BCUT2D eigenvalue weighted by molar-refractivity contribution is 0.197. The summed E-state index contributed by atoms with van der Waals surface area (Å²) in [7, 11) is 0.365. The second-order valence-corrected chi connectivity index (χ2v) is 11.0. The number of piperazine rings is 1. The first-order valence-electron chi connectivity index (χ1n) is 7.74. The van der Waals surface area contributed by atoms with Crippen LogP contribution in [0.1, 0.15) is 0 Å². The monoisotopic (exact) mass is 308 g/mol. The Balaban J connectivity index is 1.80. The molecule has 0 atom stereocenters. The third-order valence-electron chi connectivity index (χ3n) is 3.74. The molecule has 118 valence electrons. The largest absolute Gasteiger partial charge is 0.495 e. The molecular weight excluding hydrogens is 280 g/mol. The Kier molecular flexibility index (Phi) is 5.67. The molecule has 0 aliphatic carbocycles. The lowest BCUT2D eigenvalue weighted by Gasteiger charge is -2.36. The number of rotatable bonds is 6. The summed E-state index contributed by atoms with van der Waals surface area (Å²) in [5.41, 5.74) is 1.21. The summed E-state index contributed by atoms with van der Waals surface area (Å²) in [4.78, 5) is 4.90. The van der Waals surface area contributed by atoms with E-state index in [1.165, 1.54) is 5.69 Å². The van der Waals surface area contributed by atoms with Crippen LogP contribution in [0.2, 0.25) is 19.6 Å². The third-order valence-corrected chi connectivity index (χ3v) is 4.81. The van der Waals surface area contributed by atoms with Gasteiger partial charge < -0.3 is 14.1 Å². The number of benzene rings is 1. The zero-order chi connectivity index (χ0) is 15.3. The van der Waals surface area contributed by atoms with Gasteiger partial charge in [0.2, 0.25) is 0 Å². The zero-order valence-electron chi connectivity index (χ0n) is 13.8. The number of methoxy groups -OCH3 is 1. The summed E-state index contributed by atoms with van der Waals surface area (Å²) in [5.74, 6) is 0.966. The van der Waals surface area contributed by atoms with Gasteiger partial charge in [0.1, 0.15) is 5.75 Å². The van der Waals surface area contributed by atoms with Crippen LogP contribution in [0.4, 0.5) is 5.69 Å². The van der Waals surface area contributed by atoms with E-state index in [2.05, 4.69) is 41.6 Å². The van der Waals surface area contributed by atoms with Gasteiger partial charge in [0.25, 0.3) is 0 Å². The Hall–Kier alpha value is -1.04. The summed E-state index contributed by atoms with van der Waals surface area (Å²) >= 11 is 0. The van der Waals surface area contributed by atoms with E-state index in [1.807, 2.05) is 12.1 Å². The number of ether oxygens (including phenoxy) is 1. The van der Waals surface area contributed by atoms with Crippen LogP contribution in [-0.4, -0.2) is 59.7 Å². The summed E-state index contributed by atoms with van der Waals surface area (Å²) < 4.78 is 11.4. The number of hydrogen-bond donors (Lipinski definition) is 0. The predicted octanol–water partition coefficient (Wildman–Crippen LogP) is 2.67. The molecule has 1 saturated heterocycles. The highest BCUT2D eigenvalue weighted by Crippen LogP contribution is 2.28. The van der Waals surface area contributed by atoms with E-state index < -0.39 is 8.32 Å². The average Bonchev–Trinajstić information content (AvgIpc) is 2.47. The minimum absolute atomic E-state index is 0.865. The van der Waals surface area contributed by atoms with Crippen molar-refractivity contribution in [3.05, 3.63) is 24.3 Å². The Labute approximate surface area is 129 Å². The molecule has 1 fully saturated rings. The van der Waals surface area contributed by atoms with Crippen molar-refractivity contribution in [1.29, 1.82) is 0 Å². The van der Waals surface area contributed by atoms with Crippen molar-refractivity contribution in [2.75, 3.05) is 51.3 Å². The van der Waals surface area contributed by atoms with Crippen molar-refractivity contribution >= 4 is 14.0 Å². The minimum Gasteiger partial charge on any atom is -0.495 e. The van der Waals surface area contributed by atoms with Gasteiger partial charge in [0.05, 0.1) is 12.8 Å². The molecule has 0 spiro atoms. The van der Waals surface area contributed by atoms with E-state index >= 15 is 0 Å². The molecule has 4 nitrogen and oxygen atoms in total. The van der Waals surface area contributed by atoms with Crippen molar-refractivity contribution in [3.8, 4) is 5.75 Å². The van der Waals surface area contributed by atoms with E-state index in [4.69, 9.17) is 9.16 Å². The molecule has 0 aromatic heterocycles. The van der Waals surface area contributed by atoms with Crippen molar-refractivity contribution < 1.29 is 9.16 Å². The molecule has 21 heavy (non-hydrogen) atoms. The average molecular weight is 308 g/mol. The van der Waals surface area contributed by atoms with Gasteiger partial charge in [-0.2, -0.15) is 0 Å². The maximum absolute atomic E-state index is 5.94. The molecule has 1 aromatic carbocycles. The van der Waals surface area contributed by atoms with Crippen LogP contribution in [0, 0.1) is 0 Å². The van der Waals surface area contributed by atoms with Gasteiger partial charge in [-0.15, -0.1) is 0 Å². The van der Waals surface area contributed by atoms with E-state index in [9.17, 15) is 0 Å². The molecule has 1 aliphatic rings. The summed E-state index contributed by atoms with van der Waals surface area (Å²) in [6.07, 6.45) is 0. The highest BCUT2D eigenvalue weighted by Gasteiger charge is 2.20. The van der Waals surface area contributed by atoms with Gasteiger partial charge >= 0.3 is 0 Å². The second-order valence-electron chi connectivity index (χ2n) is 6.46. The molecule has 0 unspecified atom stereocenters. The van der Waals surface area contributed by atoms with Gasteiger partial charge in [-0.1, -0.05) is 12.1 Å². The topological polar surface area (TPSA) is 24.9 Å². The molecule has 1 heterocycles. The lowest BCUT2D eigenvalue weighted by atomic mass is 10.2. The molecule has 0 saturated carbocycles. The standard InChI is InChI=1S/C16H28N2O2Si/c1-19-16-8-6-5-7-15(16)18-11-9-17(10-12-18)13-14-20-21(2,3)4/h5-8H,9-14H2,1-4H3. The minimum atomic E-state index is -1.37. The first-order valence-corrected chi connectivity index (χ1v) is 11.1. The normalized spacial score (nSPS) is 17.0. The van der Waals surface area contributed by atoms with Crippen LogP contribution in [0.3, 0.4) is 0 Å². The summed E-state index contributed by atoms with van der Waals surface area (Å²) in [5, 5.41) is 0. The summed E-state index contributed by atoms with van der Waals surface area (Å²) in [6, 6.07) is 8.27. The molecular formula is C16H28N2O2Si. The molecule has 1 aliphatic heterocycles. The van der Waals surface area contributed by atoms with Crippen LogP contribution in [0.5, 0.6) is 5.75 Å². The number of para-hydroxylation sites is 2. The Bertz CT molecular complexity index is 440. The molecule has 1 aromatic rings. The summed E-state index contributed by atoms with van der Waals surface area (Å²) in [6.45, 7) is 12.9. The van der Waals surface area contributed by atoms with E-state index in [1.54, 1.807) is 7.11 Å². The van der Waals surface area contributed by atoms with Gasteiger partial charge in [-0.3, -0.25) is 4.90 Å². The fraction of sp³-hybridized carbons (Fsp3) is 0.625. The Morgan fingerprint density at radius 1 is 1.05 bits per heavy atom. The highest BCUT2D eigenvalue weighted by molar-refractivity contribution is 6.69.